The van der Waals surface area contributed by atoms with Crippen LogP contribution < -0.4 is 16.2 Å². The van der Waals surface area contributed by atoms with Crippen molar-refractivity contribution >= 4 is 33.8 Å². The van der Waals surface area contributed by atoms with Crippen molar-refractivity contribution in [2.75, 3.05) is 6.54 Å². The highest BCUT2D eigenvalue weighted by Gasteiger charge is 2.44. The predicted octanol–water partition coefficient (Wildman–Crippen LogP) is 2.61. The molecule has 0 heterocycles. The van der Waals surface area contributed by atoms with Crippen LogP contribution >= 0.6 is 15.9 Å². The Balaban J connectivity index is 1.64. The minimum Gasteiger partial charge on any atom is -0.444 e. The van der Waals surface area contributed by atoms with Gasteiger partial charge in [-0.2, -0.15) is 0 Å². The summed E-state index contributed by atoms with van der Waals surface area (Å²) in [4.78, 5) is 35.3. The molecule has 26 heavy (non-hydrogen) atoms. The Bertz CT molecular complexity index is 687. The lowest BCUT2D eigenvalue weighted by Gasteiger charge is -2.19. The second kappa shape index (κ2) is 8.53. The summed E-state index contributed by atoms with van der Waals surface area (Å²) in [7, 11) is 0. The Morgan fingerprint density at radius 1 is 1.23 bits per heavy atom. The third kappa shape index (κ3) is 6.67. The van der Waals surface area contributed by atoms with E-state index in [-0.39, 0.29) is 36.6 Å². The summed E-state index contributed by atoms with van der Waals surface area (Å²) in [5.41, 5.74) is 5.33. The van der Waals surface area contributed by atoms with Crippen molar-refractivity contribution in [2.45, 2.75) is 45.1 Å². The van der Waals surface area contributed by atoms with E-state index in [1.54, 1.807) is 20.8 Å². The van der Waals surface area contributed by atoms with Gasteiger partial charge >= 0.3 is 6.09 Å². The summed E-state index contributed by atoms with van der Waals surface area (Å²) in [5.74, 6) is -0.541. The van der Waals surface area contributed by atoms with Crippen LogP contribution in [-0.2, 0) is 14.3 Å². The second-order valence-corrected chi connectivity index (χ2v) is 8.14. The lowest BCUT2D eigenvalue weighted by molar-refractivity contribution is -0.129. The third-order valence-corrected chi connectivity index (χ3v) is 4.24. The van der Waals surface area contributed by atoms with Gasteiger partial charge < -0.3 is 10.1 Å². The Morgan fingerprint density at radius 2 is 1.96 bits per heavy atom. The van der Waals surface area contributed by atoms with Crippen molar-refractivity contribution in [1.82, 2.24) is 16.2 Å². The molecule has 2 rings (SSSR count). The van der Waals surface area contributed by atoms with Gasteiger partial charge in [0.25, 0.3) is 0 Å². The average molecular weight is 426 g/mol. The summed E-state index contributed by atoms with van der Waals surface area (Å²) in [6, 6.07) is 7.86. The standard InChI is InChI=1S/C18H24BrN3O4/c1-18(2,3)26-17(25)20-8-7-15(23)21-22-16(24)14-10-13(14)11-5-4-6-12(19)9-11/h4-6,9,13-14H,7-8,10H2,1-3H3,(H,20,25)(H,21,23)(H,22,24)/t13-,14+/m0/s1. The van der Waals surface area contributed by atoms with Gasteiger partial charge in [0.1, 0.15) is 5.60 Å². The molecule has 0 spiro atoms. The molecule has 0 bridgehead atoms. The molecule has 0 aliphatic heterocycles. The van der Waals surface area contributed by atoms with E-state index in [1.807, 2.05) is 24.3 Å². The molecule has 0 saturated heterocycles. The van der Waals surface area contributed by atoms with Crippen LogP contribution in [0.4, 0.5) is 4.79 Å². The zero-order valence-electron chi connectivity index (χ0n) is 15.1. The first-order valence-electron chi connectivity index (χ1n) is 8.47. The van der Waals surface area contributed by atoms with Gasteiger partial charge in [-0.15, -0.1) is 0 Å². The number of nitrogens with one attached hydrogen (secondary N) is 3. The monoisotopic (exact) mass is 425 g/mol. The minimum atomic E-state index is -0.588. The maximum absolute atomic E-state index is 12.1. The van der Waals surface area contributed by atoms with Crippen LogP contribution in [0.15, 0.2) is 28.7 Å². The maximum atomic E-state index is 12.1. The van der Waals surface area contributed by atoms with Crippen molar-refractivity contribution < 1.29 is 19.1 Å². The Morgan fingerprint density at radius 3 is 2.62 bits per heavy atom. The predicted molar refractivity (Wildman–Crippen MR) is 100 cm³/mol. The first kappa shape index (κ1) is 20.2. The zero-order chi connectivity index (χ0) is 19.3. The number of amides is 3. The highest BCUT2D eigenvalue weighted by molar-refractivity contribution is 9.10. The third-order valence-electron chi connectivity index (χ3n) is 3.75. The van der Waals surface area contributed by atoms with E-state index < -0.39 is 11.7 Å². The van der Waals surface area contributed by atoms with Gasteiger partial charge in [0, 0.05) is 23.4 Å². The number of carbonyl (C=O) groups is 3. The molecule has 142 valence electrons. The zero-order valence-corrected chi connectivity index (χ0v) is 16.7. The van der Waals surface area contributed by atoms with E-state index in [0.717, 1.165) is 16.5 Å². The molecule has 1 aliphatic rings. The normalized spacial score (nSPS) is 18.6. The van der Waals surface area contributed by atoms with E-state index in [4.69, 9.17) is 4.74 Å². The molecule has 0 radical (unpaired) electrons. The van der Waals surface area contributed by atoms with E-state index in [0.29, 0.717) is 0 Å². The van der Waals surface area contributed by atoms with E-state index in [2.05, 4.69) is 32.1 Å². The second-order valence-electron chi connectivity index (χ2n) is 7.22. The summed E-state index contributed by atoms with van der Waals surface area (Å²) in [6.45, 7) is 5.40. The lowest BCUT2D eigenvalue weighted by Crippen LogP contribution is -2.44. The van der Waals surface area contributed by atoms with Gasteiger partial charge in [0.05, 0.1) is 0 Å². The molecule has 3 N–H and O–H groups in total. The molecule has 1 aromatic carbocycles. The molecule has 1 fully saturated rings. The number of benzene rings is 1. The van der Waals surface area contributed by atoms with Crippen LogP contribution in [0.3, 0.4) is 0 Å². The largest absolute Gasteiger partial charge is 0.444 e. The van der Waals surface area contributed by atoms with Crippen LogP contribution in [0.25, 0.3) is 0 Å². The van der Waals surface area contributed by atoms with E-state index in [1.165, 1.54) is 0 Å². The van der Waals surface area contributed by atoms with Gasteiger partial charge in [-0.1, -0.05) is 28.1 Å². The highest BCUT2D eigenvalue weighted by Crippen LogP contribution is 2.47. The lowest BCUT2D eigenvalue weighted by atomic mass is 10.1. The summed E-state index contributed by atoms with van der Waals surface area (Å²) in [6.07, 6.45) is 0.224. The number of ether oxygens (including phenoxy) is 1. The summed E-state index contributed by atoms with van der Waals surface area (Å²) in [5, 5.41) is 2.49. The molecule has 1 saturated carbocycles. The average Bonchev–Trinajstić information content (AvgIpc) is 3.31. The highest BCUT2D eigenvalue weighted by atomic mass is 79.9. The van der Waals surface area contributed by atoms with Crippen LogP contribution in [0, 0.1) is 5.92 Å². The van der Waals surface area contributed by atoms with Crippen molar-refractivity contribution in [3.05, 3.63) is 34.3 Å². The Labute approximate surface area is 161 Å². The molecule has 1 aliphatic carbocycles. The van der Waals surface area contributed by atoms with Gasteiger partial charge in [-0.05, 0) is 50.8 Å². The van der Waals surface area contributed by atoms with Crippen LogP contribution in [-0.4, -0.2) is 30.1 Å². The molecule has 0 unspecified atom stereocenters. The molecular weight excluding hydrogens is 402 g/mol. The molecule has 1 aromatic rings. The van der Waals surface area contributed by atoms with Crippen molar-refractivity contribution in [3.63, 3.8) is 0 Å². The van der Waals surface area contributed by atoms with Crippen LogP contribution in [0.2, 0.25) is 0 Å². The van der Waals surface area contributed by atoms with Crippen LogP contribution in [0.1, 0.15) is 45.1 Å². The molecule has 7 nitrogen and oxygen atoms in total. The van der Waals surface area contributed by atoms with Gasteiger partial charge in [0.15, 0.2) is 0 Å². The Hall–Kier alpha value is -2.09. The molecule has 3 amide bonds. The van der Waals surface area contributed by atoms with E-state index in [9.17, 15) is 14.4 Å². The fraction of sp³-hybridized carbons (Fsp3) is 0.500. The number of hydrogen-bond donors (Lipinski definition) is 3. The first-order chi connectivity index (χ1) is 12.2. The molecular formula is C18H24BrN3O4. The number of rotatable bonds is 5. The number of halogens is 1. The number of alkyl carbamates (subject to hydrolysis) is 1. The molecule has 2 atom stereocenters. The van der Waals surface area contributed by atoms with Crippen LogP contribution in [0.5, 0.6) is 0 Å². The van der Waals surface area contributed by atoms with Crippen molar-refractivity contribution in [3.8, 4) is 0 Å². The minimum absolute atomic E-state index is 0.0409. The van der Waals surface area contributed by atoms with E-state index >= 15 is 0 Å². The molecule has 0 aromatic heterocycles. The quantitative estimate of drug-likeness (QED) is 0.631. The van der Waals surface area contributed by atoms with Gasteiger partial charge in [-0.3, -0.25) is 20.4 Å². The summed E-state index contributed by atoms with van der Waals surface area (Å²) >= 11 is 3.42. The molecule has 8 heteroatoms. The number of hydrogen-bond acceptors (Lipinski definition) is 4. The summed E-state index contributed by atoms with van der Waals surface area (Å²) < 4.78 is 6.04. The fourth-order valence-electron chi connectivity index (χ4n) is 2.47. The van der Waals surface area contributed by atoms with Crippen molar-refractivity contribution in [1.29, 1.82) is 0 Å². The smallest absolute Gasteiger partial charge is 0.407 e. The first-order valence-corrected chi connectivity index (χ1v) is 9.26. The Kier molecular flexibility index (Phi) is 6.63. The maximum Gasteiger partial charge on any atom is 0.407 e. The van der Waals surface area contributed by atoms with Gasteiger partial charge in [-0.25, -0.2) is 4.79 Å². The number of hydrazine groups is 1. The van der Waals surface area contributed by atoms with Crippen molar-refractivity contribution in [2.24, 2.45) is 5.92 Å². The van der Waals surface area contributed by atoms with Gasteiger partial charge in [0.2, 0.25) is 11.8 Å². The SMILES string of the molecule is CC(C)(C)OC(=O)NCCC(=O)NNC(=O)[C@@H]1C[C@H]1c1cccc(Br)c1. The fourth-order valence-corrected chi connectivity index (χ4v) is 2.89. The number of carbonyl (C=O) groups excluding carboxylic acids is 3. The topological polar surface area (TPSA) is 96.5 Å².